The van der Waals surface area contributed by atoms with Crippen LogP contribution in [-0.4, -0.2) is 40.2 Å². The first-order valence-electron chi connectivity index (χ1n) is 4.43. The molecule has 1 atom stereocenters. The van der Waals surface area contributed by atoms with E-state index in [1.54, 1.807) is 0 Å². The number of nitrogens with zero attached hydrogens (tertiary/aromatic N) is 2. The molecule has 0 radical (unpaired) electrons. The molecule has 0 bridgehead atoms. The maximum atomic E-state index is 11.5. The summed E-state index contributed by atoms with van der Waals surface area (Å²) >= 11 is 4.09. The van der Waals surface area contributed by atoms with Crippen LogP contribution in [-0.2, 0) is 4.79 Å². The van der Waals surface area contributed by atoms with Gasteiger partial charge in [-0.05, 0) is 13.3 Å². The van der Waals surface area contributed by atoms with Crippen LogP contribution in [0.25, 0.3) is 0 Å². The number of likely N-dealkylation sites (N-methyl/N-ethyl adjacent to an activating group) is 1. The van der Waals surface area contributed by atoms with Gasteiger partial charge in [0.15, 0.2) is 5.37 Å². The Balaban J connectivity index is 2.78. The number of carbonyl (C=O) groups excluding carboxylic acids is 2. The van der Waals surface area contributed by atoms with Crippen molar-refractivity contribution in [3.8, 4) is 0 Å². The highest BCUT2D eigenvalue weighted by atomic mass is 32.1. The van der Waals surface area contributed by atoms with Gasteiger partial charge in [0.2, 0.25) is 0 Å². The number of thiol groups is 1. The molecule has 0 spiro atoms. The zero-order valence-electron chi connectivity index (χ0n) is 7.86. The fourth-order valence-corrected chi connectivity index (χ4v) is 1.77. The van der Waals surface area contributed by atoms with E-state index in [4.69, 9.17) is 0 Å². The number of rotatable bonds is 3. The largest absolute Gasteiger partial charge is 0.328 e. The maximum absolute atomic E-state index is 11.5. The van der Waals surface area contributed by atoms with Gasteiger partial charge in [-0.2, -0.15) is 0 Å². The average molecular weight is 202 g/mol. The summed E-state index contributed by atoms with van der Waals surface area (Å²) in [5.41, 5.74) is 0. The third-order valence-corrected chi connectivity index (χ3v) is 2.55. The lowest BCUT2D eigenvalue weighted by Gasteiger charge is -2.15. The monoisotopic (exact) mass is 202 g/mol. The Morgan fingerprint density at radius 2 is 2.00 bits per heavy atom. The Labute approximate surface area is 83.3 Å². The molecule has 1 aliphatic rings. The quantitative estimate of drug-likeness (QED) is 0.546. The van der Waals surface area contributed by atoms with E-state index >= 15 is 0 Å². The molecule has 0 aromatic heterocycles. The fraction of sp³-hybridized carbons (Fsp3) is 0.750. The van der Waals surface area contributed by atoms with Crippen LogP contribution >= 0.6 is 12.6 Å². The summed E-state index contributed by atoms with van der Waals surface area (Å²) < 4.78 is 0. The molecule has 1 unspecified atom stereocenters. The minimum absolute atomic E-state index is 0.197. The molecular formula is C8H14N2O2S. The van der Waals surface area contributed by atoms with Crippen molar-refractivity contribution in [3.63, 3.8) is 0 Å². The van der Waals surface area contributed by atoms with E-state index in [1.807, 2.05) is 13.8 Å². The highest BCUT2D eigenvalue weighted by Crippen LogP contribution is 2.19. The Kier molecular flexibility index (Phi) is 3.19. The molecule has 0 aromatic rings. The molecule has 13 heavy (non-hydrogen) atoms. The van der Waals surface area contributed by atoms with Crippen LogP contribution in [0.5, 0.6) is 0 Å². The fourth-order valence-electron chi connectivity index (χ4n) is 1.36. The number of carbonyl (C=O) groups is 2. The van der Waals surface area contributed by atoms with Crippen molar-refractivity contribution in [2.24, 2.45) is 0 Å². The van der Waals surface area contributed by atoms with Crippen LogP contribution in [0.2, 0.25) is 0 Å². The zero-order chi connectivity index (χ0) is 10.0. The molecule has 4 nitrogen and oxygen atoms in total. The summed E-state index contributed by atoms with van der Waals surface area (Å²) in [7, 11) is 0. The molecule has 74 valence electrons. The number of hydrogen-bond acceptors (Lipinski definition) is 3. The van der Waals surface area contributed by atoms with Crippen molar-refractivity contribution < 1.29 is 9.59 Å². The van der Waals surface area contributed by atoms with Gasteiger partial charge < -0.3 is 4.90 Å². The van der Waals surface area contributed by atoms with Gasteiger partial charge in [-0.1, -0.05) is 6.92 Å². The van der Waals surface area contributed by atoms with E-state index in [0.717, 1.165) is 6.42 Å². The summed E-state index contributed by atoms with van der Waals surface area (Å²) in [6, 6.07) is -0.214. The van der Waals surface area contributed by atoms with Crippen LogP contribution < -0.4 is 0 Å². The van der Waals surface area contributed by atoms with Crippen molar-refractivity contribution in [3.05, 3.63) is 0 Å². The molecule has 1 rings (SSSR count). The van der Waals surface area contributed by atoms with Gasteiger partial charge in [0, 0.05) is 13.1 Å². The first kappa shape index (κ1) is 10.4. The molecule has 3 amide bonds. The Bertz CT molecular complexity index is 232. The zero-order valence-corrected chi connectivity index (χ0v) is 8.75. The molecule has 0 saturated carbocycles. The van der Waals surface area contributed by atoms with Gasteiger partial charge in [-0.25, -0.2) is 4.79 Å². The molecule has 1 aliphatic heterocycles. The lowest BCUT2D eigenvalue weighted by Crippen LogP contribution is -2.33. The second kappa shape index (κ2) is 4.00. The van der Waals surface area contributed by atoms with Crippen molar-refractivity contribution >= 4 is 24.6 Å². The van der Waals surface area contributed by atoms with Gasteiger partial charge in [0.05, 0.1) is 0 Å². The van der Waals surface area contributed by atoms with Crippen molar-refractivity contribution in [2.45, 2.75) is 25.6 Å². The number of imide groups is 1. The van der Waals surface area contributed by atoms with Gasteiger partial charge in [0.25, 0.3) is 5.91 Å². The Hall–Kier alpha value is -0.710. The number of urea groups is 1. The van der Waals surface area contributed by atoms with Gasteiger partial charge >= 0.3 is 6.03 Å². The lowest BCUT2D eigenvalue weighted by molar-refractivity contribution is -0.126. The third-order valence-electron chi connectivity index (χ3n) is 2.05. The first-order valence-corrected chi connectivity index (χ1v) is 4.95. The highest BCUT2D eigenvalue weighted by molar-refractivity contribution is 7.81. The molecule has 1 heterocycles. The van der Waals surface area contributed by atoms with Gasteiger partial charge in [-0.3, -0.25) is 9.69 Å². The normalized spacial score (nSPS) is 23.2. The summed E-state index contributed by atoms with van der Waals surface area (Å²) in [6.45, 7) is 4.79. The molecule has 0 aromatic carbocycles. The van der Waals surface area contributed by atoms with Crippen LogP contribution in [0.4, 0.5) is 4.79 Å². The number of amides is 3. The van der Waals surface area contributed by atoms with Crippen molar-refractivity contribution in [1.82, 2.24) is 9.80 Å². The van der Waals surface area contributed by atoms with Crippen LogP contribution in [0.1, 0.15) is 20.3 Å². The van der Waals surface area contributed by atoms with Crippen molar-refractivity contribution in [2.75, 3.05) is 13.1 Å². The molecule has 5 heteroatoms. The first-order chi connectivity index (χ1) is 6.13. The second-order valence-electron chi connectivity index (χ2n) is 2.93. The topological polar surface area (TPSA) is 40.6 Å². The second-order valence-corrected chi connectivity index (χ2v) is 3.42. The summed E-state index contributed by atoms with van der Waals surface area (Å²) in [5.74, 6) is -0.197. The standard InChI is InChI=1S/C8H14N2O2S/c1-3-5-10-6(11)7(13)9(4-2)8(10)12/h7,13H,3-5H2,1-2H3. The minimum atomic E-state index is -0.580. The average Bonchev–Trinajstić information content (AvgIpc) is 2.31. The Morgan fingerprint density at radius 1 is 1.38 bits per heavy atom. The van der Waals surface area contributed by atoms with E-state index in [9.17, 15) is 9.59 Å². The van der Waals surface area contributed by atoms with E-state index in [0.29, 0.717) is 13.1 Å². The van der Waals surface area contributed by atoms with E-state index in [1.165, 1.54) is 9.80 Å². The molecule has 1 fully saturated rings. The lowest BCUT2D eigenvalue weighted by atomic mass is 10.4. The van der Waals surface area contributed by atoms with Crippen molar-refractivity contribution in [1.29, 1.82) is 0 Å². The van der Waals surface area contributed by atoms with Gasteiger partial charge in [-0.15, -0.1) is 12.6 Å². The molecular weight excluding hydrogens is 188 g/mol. The summed E-state index contributed by atoms with van der Waals surface area (Å²) in [6.07, 6.45) is 0.787. The van der Waals surface area contributed by atoms with Crippen LogP contribution in [0.3, 0.4) is 0 Å². The van der Waals surface area contributed by atoms with Crippen LogP contribution in [0.15, 0.2) is 0 Å². The predicted octanol–water partition coefficient (Wildman–Crippen LogP) is 0.936. The SMILES string of the molecule is CCCN1C(=O)C(S)N(CC)C1=O. The third kappa shape index (κ3) is 1.65. The Morgan fingerprint density at radius 3 is 2.38 bits per heavy atom. The highest BCUT2D eigenvalue weighted by Gasteiger charge is 2.41. The maximum Gasteiger partial charge on any atom is 0.328 e. The smallest absolute Gasteiger partial charge is 0.304 e. The molecule has 1 saturated heterocycles. The van der Waals surface area contributed by atoms with E-state index in [-0.39, 0.29) is 11.9 Å². The van der Waals surface area contributed by atoms with E-state index < -0.39 is 5.37 Å². The van der Waals surface area contributed by atoms with E-state index in [2.05, 4.69) is 12.6 Å². The summed E-state index contributed by atoms with van der Waals surface area (Å²) in [4.78, 5) is 25.7. The van der Waals surface area contributed by atoms with Gasteiger partial charge in [0.1, 0.15) is 0 Å². The molecule has 0 N–H and O–H groups in total. The van der Waals surface area contributed by atoms with Crippen LogP contribution in [0, 0.1) is 0 Å². The number of hydrogen-bond donors (Lipinski definition) is 1. The summed E-state index contributed by atoms with van der Waals surface area (Å²) in [5, 5.41) is -0.580. The minimum Gasteiger partial charge on any atom is -0.304 e. The predicted molar refractivity (Wildman–Crippen MR) is 52.6 cm³/mol. The molecule has 0 aliphatic carbocycles.